The number of benzene rings is 1. The first-order valence-corrected chi connectivity index (χ1v) is 9.31. The molecule has 1 aliphatic rings. The first-order valence-electron chi connectivity index (χ1n) is 9.31. The van der Waals surface area contributed by atoms with E-state index in [9.17, 15) is 28.1 Å². The van der Waals surface area contributed by atoms with Gasteiger partial charge in [-0.15, -0.1) is 0 Å². The second kappa shape index (κ2) is 8.64. The number of alkyl halides is 3. The van der Waals surface area contributed by atoms with Crippen LogP contribution in [0, 0.1) is 16.0 Å². The summed E-state index contributed by atoms with van der Waals surface area (Å²) in [4.78, 5) is 32.7. The molecule has 2 heterocycles. The van der Waals surface area contributed by atoms with Gasteiger partial charge in [0.1, 0.15) is 6.33 Å². The molecule has 1 saturated heterocycles. The quantitative estimate of drug-likeness (QED) is 0.408. The van der Waals surface area contributed by atoms with Crippen molar-refractivity contribution in [2.45, 2.75) is 25.9 Å². The minimum absolute atomic E-state index is 0.0637. The molecule has 1 fully saturated rings. The number of carbonyl (C=O) groups is 1. The summed E-state index contributed by atoms with van der Waals surface area (Å²) < 4.78 is 43.4. The Bertz CT molecular complexity index is 926. The Morgan fingerprint density at radius 2 is 1.87 bits per heavy atom. The molecule has 0 radical (unpaired) electrons. The first kappa shape index (κ1) is 21.5. The molecule has 0 spiro atoms. The number of carbonyl (C=O) groups excluding carboxylic acids is 1. The molecule has 0 N–H and O–H groups in total. The molecule has 160 valence electrons. The summed E-state index contributed by atoms with van der Waals surface area (Å²) >= 11 is 0. The van der Waals surface area contributed by atoms with Crippen LogP contribution in [0.15, 0.2) is 30.6 Å². The maximum absolute atomic E-state index is 12.8. The Labute approximate surface area is 169 Å². The molecule has 30 heavy (non-hydrogen) atoms. The molecule has 2 aromatic rings. The molecule has 1 aromatic heterocycles. The molecule has 0 amide bonds. The third-order valence-corrected chi connectivity index (χ3v) is 4.89. The van der Waals surface area contributed by atoms with Gasteiger partial charge in [-0.05, 0) is 31.9 Å². The van der Waals surface area contributed by atoms with Crippen LogP contribution in [0.25, 0.3) is 11.3 Å². The van der Waals surface area contributed by atoms with E-state index in [1.165, 1.54) is 0 Å². The van der Waals surface area contributed by atoms with Gasteiger partial charge in [-0.1, -0.05) is 12.1 Å². The van der Waals surface area contributed by atoms with Gasteiger partial charge in [-0.3, -0.25) is 14.9 Å². The zero-order valence-corrected chi connectivity index (χ0v) is 16.1. The van der Waals surface area contributed by atoms with E-state index < -0.39 is 16.7 Å². The Balaban J connectivity index is 1.89. The average Bonchev–Trinajstić information content (AvgIpc) is 2.73. The van der Waals surface area contributed by atoms with Crippen molar-refractivity contribution in [1.82, 2.24) is 9.97 Å². The van der Waals surface area contributed by atoms with Crippen molar-refractivity contribution < 1.29 is 27.6 Å². The van der Waals surface area contributed by atoms with Gasteiger partial charge in [0, 0.05) is 18.7 Å². The second-order valence-corrected chi connectivity index (χ2v) is 6.74. The lowest BCUT2D eigenvalue weighted by Crippen LogP contribution is -2.37. The molecular formula is C19H19F3N4O4. The van der Waals surface area contributed by atoms with Crippen LogP contribution in [-0.4, -0.2) is 40.6 Å². The molecule has 0 bridgehead atoms. The van der Waals surface area contributed by atoms with Crippen LogP contribution in [0.2, 0.25) is 0 Å². The summed E-state index contributed by atoms with van der Waals surface area (Å²) in [6, 6.07) is 4.00. The van der Waals surface area contributed by atoms with Crippen molar-refractivity contribution in [1.29, 1.82) is 0 Å². The number of esters is 1. The SMILES string of the molecule is CCOC(=O)C1CCN(c2ncnc(-c3ccc(C(F)(F)F)cc3)c2[N+](=O)[O-])CC1. The smallest absolute Gasteiger partial charge is 0.416 e. The van der Waals surface area contributed by atoms with Gasteiger partial charge in [-0.2, -0.15) is 13.2 Å². The maximum Gasteiger partial charge on any atom is 0.416 e. The van der Waals surface area contributed by atoms with E-state index in [1.807, 2.05) is 0 Å². The zero-order chi connectivity index (χ0) is 21.9. The fourth-order valence-electron chi connectivity index (χ4n) is 3.38. The van der Waals surface area contributed by atoms with Crippen molar-refractivity contribution in [2.24, 2.45) is 5.92 Å². The van der Waals surface area contributed by atoms with Gasteiger partial charge < -0.3 is 9.64 Å². The van der Waals surface area contributed by atoms with E-state index in [0.717, 1.165) is 30.6 Å². The monoisotopic (exact) mass is 424 g/mol. The van der Waals surface area contributed by atoms with Gasteiger partial charge >= 0.3 is 17.8 Å². The molecular weight excluding hydrogens is 405 g/mol. The molecule has 3 rings (SSSR count). The average molecular weight is 424 g/mol. The lowest BCUT2D eigenvalue weighted by Gasteiger charge is -2.31. The van der Waals surface area contributed by atoms with Crippen LogP contribution in [0.3, 0.4) is 0 Å². The van der Waals surface area contributed by atoms with Gasteiger partial charge in [0.15, 0.2) is 5.69 Å². The van der Waals surface area contributed by atoms with Crippen LogP contribution < -0.4 is 4.90 Å². The minimum atomic E-state index is -4.51. The number of ether oxygens (including phenoxy) is 1. The highest BCUT2D eigenvalue weighted by Crippen LogP contribution is 2.37. The van der Waals surface area contributed by atoms with Crippen LogP contribution in [-0.2, 0) is 15.7 Å². The Morgan fingerprint density at radius 1 is 1.23 bits per heavy atom. The minimum Gasteiger partial charge on any atom is -0.466 e. The summed E-state index contributed by atoms with van der Waals surface area (Å²) in [6.45, 7) is 2.72. The Hall–Kier alpha value is -3.24. The van der Waals surface area contributed by atoms with Gasteiger partial charge in [0.2, 0.25) is 5.82 Å². The standard InChI is InChI=1S/C19H19F3N4O4/c1-2-30-18(27)13-7-9-25(10-8-13)17-16(26(28)29)15(23-11-24-17)12-3-5-14(6-4-12)19(20,21)22/h3-6,11,13H,2,7-10H2,1H3. The number of hydrogen-bond donors (Lipinski definition) is 0. The molecule has 8 nitrogen and oxygen atoms in total. The lowest BCUT2D eigenvalue weighted by atomic mass is 9.97. The third kappa shape index (κ3) is 4.50. The predicted octanol–water partition coefficient (Wildman–Crippen LogP) is 3.85. The van der Waals surface area contributed by atoms with Crippen molar-refractivity contribution in [2.75, 3.05) is 24.6 Å². The van der Waals surface area contributed by atoms with Crippen molar-refractivity contribution in [3.63, 3.8) is 0 Å². The maximum atomic E-state index is 12.8. The third-order valence-electron chi connectivity index (χ3n) is 4.89. The van der Waals surface area contributed by atoms with Crippen LogP contribution >= 0.6 is 0 Å². The van der Waals surface area contributed by atoms with E-state index in [1.54, 1.807) is 11.8 Å². The fourth-order valence-corrected chi connectivity index (χ4v) is 3.38. The summed E-state index contributed by atoms with van der Waals surface area (Å²) in [6.07, 6.45) is -2.46. The molecule has 1 aliphatic heterocycles. The molecule has 0 unspecified atom stereocenters. The summed E-state index contributed by atoms with van der Waals surface area (Å²) in [7, 11) is 0. The number of hydrogen-bond acceptors (Lipinski definition) is 7. The van der Waals surface area contributed by atoms with Crippen molar-refractivity contribution in [3.05, 3.63) is 46.3 Å². The van der Waals surface area contributed by atoms with Crippen molar-refractivity contribution >= 4 is 17.5 Å². The Morgan fingerprint density at radius 3 is 2.40 bits per heavy atom. The molecule has 0 atom stereocenters. The molecule has 0 saturated carbocycles. The van der Waals surface area contributed by atoms with Gasteiger partial charge in [0.05, 0.1) is 23.0 Å². The van der Waals surface area contributed by atoms with E-state index in [2.05, 4.69) is 9.97 Å². The van der Waals surface area contributed by atoms with E-state index in [4.69, 9.17) is 4.74 Å². The number of rotatable bonds is 5. The highest BCUT2D eigenvalue weighted by Gasteiger charge is 2.33. The largest absolute Gasteiger partial charge is 0.466 e. The number of anilines is 1. The number of aromatic nitrogens is 2. The first-order chi connectivity index (χ1) is 14.2. The van der Waals surface area contributed by atoms with E-state index in [0.29, 0.717) is 25.9 Å². The summed E-state index contributed by atoms with van der Waals surface area (Å²) in [5.41, 5.74) is -1.12. The van der Waals surface area contributed by atoms with E-state index in [-0.39, 0.29) is 41.3 Å². The number of halogens is 3. The van der Waals surface area contributed by atoms with E-state index >= 15 is 0 Å². The molecule has 0 aliphatic carbocycles. The second-order valence-electron chi connectivity index (χ2n) is 6.74. The van der Waals surface area contributed by atoms with Crippen molar-refractivity contribution in [3.8, 4) is 11.3 Å². The topological polar surface area (TPSA) is 98.5 Å². The van der Waals surface area contributed by atoms with Crippen LogP contribution in [0.1, 0.15) is 25.3 Å². The summed E-state index contributed by atoms with van der Waals surface area (Å²) in [5.74, 6) is -0.497. The fraction of sp³-hybridized carbons (Fsp3) is 0.421. The highest BCUT2D eigenvalue weighted by atomic mass is 19.4. The van der Waals surface area contributed by atoms with Crippen LogP contribution in [0.4, 0.5) is 24.7 Å². The number of piperidine rings is 1. The number of nitrogens with zero attached hydrogens (tertiary/aromatic N) is 4. The van der Waals surface area contributed by atoms with Gasteiger partial charge in [-0.25, -0.2) is 9.97 Å². The summed E-state index contributed by atoms with van der Waals surface area (Å²) in [5, 5.41) is 11.8. The van der Waals surface area contributed by atoms with Gasteiger partial charge in [0.25, 0.3) is 0 Å². The predicted molar refractivity (Wildman–Crippen MR) is 101 cm³/mol. The highest BCUT2D eigenvalue weighted by molar-refractivity contribution is 5.78. The zero-order valence-electron chi connectivity index (χ0n) is 16.1. The lowest BCUT2D eigenvalue weighted by molar-refractivity contribution is -0.383. The molecule has 11 heteroatoms. The number of nitro groups is 1. The molecule has 1 aromatic carbocycles. The Kier molecular flexibility index (Phi) is 6.18. The van der Waals surface area contributed by atoms with Crippen LogP contribution in [0.5, 0.6) is 0 Å². The normalized spacial score (nSPS) is 15.1.